The molecule has 0 unspecified atom stereocenters. The number of amidine groups is 4. The molecule has 0 bridgehead atoms. The number of anilines is 5. The Morgan fingerprint density at radius 3 is 0.822 bits per heavy atom. The van der Waals surface area contributed by atoms with Gasteiger partial charge in [0.2, 0.25) is 40.1 Å². The Balaban J connectivity index is 0.000000163. The van der Waals surface area contributed by atoms with E-state index in [0.29, 0.717) is 123 Å². The number of hydrogen-bond donors (Lipinski definition) is 17. The normalized spacial score (nSPS) is 11.0. The smallest absolute Gasteiger partial charge is 0.273 e. The number of amides is 4. The topological polar surface area (TPSA) is 663 Å². The van der Waals surface area contributed by atoms with Crippen molar-refractivity contribution < 1.29 is 76.7 Å². The molecule has 16 aromatic rings. The number of non-ortho nitro benzene ring substituents is 1. The van der Waals surface area contributed by atoms with E-state index < -0.39 is 68.6 Å². The van der Waals surface area contributed by atoms with Gasteiger partial charge in [-0.05, 0) is 192 Å². The Kier molecular flexibility index (Phi) is 33.4. The summed E-state index contributed by atoms with van der Waals surface area (Å²) < 4.78 is 120. The molecule has 0 aliphatic rings. The minimum Gasteiger partial charge on any atom is -0.456 e. The van der Waals surface area contributed by atoms with Gasteiger partial charge in [-0.2, -0.15) is 0 Å². The summed E-state index contributed by atoms with van der Waals surface area (Å²) in [7, 11) is -15.6. The Morgan fingerprint density at radius 1 is 0.301 bits per heavy atom. The van der Waals surface area contributed by atoms with Gasteiger partial charge in [-0.3, -0.25) is 50.9 Å². The van der Waals surface area contributed by atoms with Crippen LogP contribution in [-0.4, -0.2) is 85.6 Å². The maximum atomic E-state index is 13.1. The number of carbonyl (C=O) groups is 4. The quantitative estimate of drug-likeness (QED) is 0.00680. The van der Waals surface area contributed by atoms with E-state index in [1.54, 1.807) is 303 Å². The number of nitrogens with two attached hydrogens (primary N) is 9. The second-order valence-electron chi connectivity index (χ2n) is 31.4. The van der Waals surface area contributed by atoms with Crippen LogP contribution in [0.5, 0.6) is 46.0 Å². The monoisotopic (exact) mass is 2120 g/mol. The fraction of sp³-hybridized carbons (Fsp3) is 0. The van der Waals surface area contributed by atoms with Crippen LogP contribution in [-0.2, 0) is 40.1 Å². The molecule has 0 radical (unpaired) electrons. The maximum absolute atomic E-state index is 13.1. The molecule has 0 spiro atoms. The van der Waals surface area contributed by atoms with Crippen LogP contribution in [0.15, 0.2) is 388 Å². The molecular weight excluding hydrogens is 2030 g/mol. The average molecular weight is 2120 g/mol. The van der Waals surface area contributed by atoms with Gasteiger partial charge in [-0.25, -0.2) is 54.2 Å². The number of halogens is 2. The largest absolute Gasteiger partial charge is 0.456 e. The van der Waals surface area contributed by atoms with Crippen LogP contribution in [0.4, 0.5) is 34.1 Å². The molecule has 42 heteroatoms. The minimum atomic E-state index is -3.94. The number of rotatable bonds is 29. The van der Waals surface area contributed by atoms with E-state index in [-0.39, 0.29) is 93.9 Å². The van der Waals surface area contributed by atoms with E-state index in [1.807, 2.05) is 0 Å². The minimum absolute atomic E-state index is 0.0126. The summed E-state index contributed by atoms with van der Waals surface area (Å²) in [5.41, 5.74) is 36.9. The third kappa shape index (κ3) is 27.9. The van der Waals surface area contributed by atoms with E-state index >= 15 is 0 Å². The Bertz CT molecular complexity index is 7750. The van der Waals surface area contributed by atoms with Gasteiger partial charge in [0.25, 0.3) is 29.3 Å². The van der Waals surface area contributed by atoms with Crippen molar-refractivity contribution in [2.75, 3.05) is 27.0 Å². The van der Waals surface area contributed by atoms with Crippen molar-refractivity contribution in [3.8, 4) is 90.5 Å². The Labute approximate surface area is 849 Å². The molecule has 16 aromatic carbocycles. The zero-order chi connectivity index (χ0) is 105. The fourth-order valence-electron chi connectivity index (χ4n) is 14.2. The van der Waals surface area contributed by atoms with Crippen molar-refractivity contribution in [3.05, 3.63) is 428 Å². The van der Waals surface area contributed by atoms with Crippen LogP contribution in [0.25, 0.3) is 44.5 Å². The number of nitrogen functional groups attached to an aromatic ring is 5. The van der Waals surface area contributed by atoms with Gasteiger partial charge >= 0.3 is 0 Å². The predicted molar refractivity (Wildman–Crippen MR) is 564 cm³/mol. The van der Waals surface area contributed by atoms with E-state index in [2.05, 4.69) is 37.2 Å². The lowest BCUT2D eigenvalue weighted by molar-refractivity contribution is -0.384. The van der Waals surface area contributed by atoms with Gasteiger partial charge in [-0.15, -0.1) is 0 Å². The average Bonchev–Trinajstić information content (AvgIpc) is 0.808. The molecule has 0 atom stereocenters. The van der Waals surface area contributed by atoms with Gasteiger partial charge in [0.15, 0.2) is 0 Å². The highest BCUT2D eigenvalue weighted by Crippen LogP contribution is 2.39. The van der Waals surface area contributed by atoms with Crippen LogP contribution in [0.1, 0.15) is 63.7 Å². The predicted octanol–water partition coefficient (Wildman–Crippen LogP) is 18.2. The molecule has 0 aliphatic heterocycles. The summed E-state index contributed by atoms with van der Waals surface area (Å²) >= 11 is 9.53. The first-order chi connectivity index (χ1) is 69.4. The molecule has 26 N–H and O–H groups in total. The summed E-state index contributed by atoms with van der Waals surface area (Å²) in [6.07, 6.45) is 0. The molecule has 0 aromatic heterocycles. The summed E-state index contributed by atoms with van der Waals surface area (Å²) in [6, 6.07) is 96.1. The number of sulfonamides is 4. The zero-order valence-corrected chi connectivity index (χ0v) is 81.6. The molecule has 0 saturated heterocycles. The molecule has 0 fully saturated rings. The highest BCUT2D eigenvalue weighted by Gasteiger charge is 2.26. The molecule has 146 heavy (non-hydrogen) atoms. The van der Waals surface area contributed by atoms with Gasteiger partial charge in [0.05, 0.1) is 52.8 Å². The molecule has 4 amide bonds. The van der Waals surface area contributed by atoms with Crippen LogP contribution >= 0.6 is 27.5 Å². The van der Waals surface area contributed by atoms with E-state index in [9.17, 15) is 63.0 Å². The maximum Gasteiger partial charge on any atom is 0.273 e. The van der Waals surface area contributed by atoms with Gasteiger partial charge in [0, 0.05) is 101 Å². The second-order valence-corrected chi connectivity index (χ2v) is 38.9. The van der Waals surface area contributed by atoms with Crippen LogP contribution in [0.2, 0.25) is 5.02 Å². The molecule has 36 nitrogen and oxygen atoms in total. The number of nitro groups is 1. The number of ether oxygens (including phenoxy) is 4. The standard InChI is InChI=1S/C26H21BrN4O4S.C26H21ClN4O4S.C26H21N5O6S.C26H23N5O4S/c2*27-18-10-13-22(23(15-18)35-20-5-3-4-17(14-20)25(28)29)26(32)31-19-11-8-16(9-12-19)21-6-1-2-7-24(21)36(30,33)34;27-25(28)17-4-3-5-20(14-17)37-23-15-19(31(33)34)12-13-22(23)26(32)30-18-10-8-16(9-11-18)21-6-1-2-7-24(21)38(29,35)36;27-18-10-13-22(23(15-18)35-20-5-3-4-17(14-20)25(28)29)26(32)31-19-11-8-16(9-12-19)21-6-1-2-7-24(21)36(30,33)34/h2*1-15H,(H3,28,29)(H,31,32)(H2,30,33,34);1-15H,(H3,27,28)(H,30,32)(H2,29,35,36);1-15H,27H2,(H3,28,29)(H,31,32)(H2,30,33,34). The summed E-state index contributed by atoms with van der Waals surface area (Å²) in [5, 5.41) is 74.5. The summed E-state index contributed by atoms with van der Waals surface area (Å²) in [6.45, 7) is 0. The number of nitrogens with zero attached hydrogens (tertiary/aromatic N) is 1. The summed E-state index contributed by atoms with van der Waals surface area (Å²) in [4.78, 5) is 63.1. The third-order valence-electron chi connectivity index (χ3n) is 21.1. The number of primary sulfonamides is 4. The zero-order valence-electron chi connectivity index (χ0n) is 76.0. The molecule has 0 heterocycles. The first kappa shape index (κ1) is 105. The summed E-state index contributed by atoms with van der Waals surface area (Å²) in [5.74, 6) is -0.287. The van der Waals surface area contributed by atoms with Gasteiger partial charge in [-0.1, -0.05) is 197 Å². The van der Waals surface area contributed by atoms with E-state index in [1.165, 1.54) is 54.6 Å². The van der Waals surface area contributed by atoms with Gasteiger partial charge < -0.3 is 68.9 Å². The molecule has 16 rings (SSSR count). The highest BCUT2D eigenvalue weighted by molar-refractivity contribution is 9.10. The van der Waals surface area contributed by atoms with Crippen molar-refractivity contribution >= 4 is 149 Å². The molecule has 0 aliphatic carbocycles. The molecule has 738 valence electrons. The molecular formula is C104H86BrClN18O18S4. The molecule has 0 saturated carbocycles. The lowest BCUT2D eigenvalue weighted by Gasteiger charge is -2.13. The number of nitrogens with one attached hydrogen (secondary N) is 8. The Morgan fingerprint density at radius 2 is 0.548 bits per heavy atom. The van der Waals surface area contributed by atoms with Crippen molar-refractivity contribution in [2.45, 2.75) is 19.6 Å². The van der Waals surface area contributed by atoms with E-state index in [0.717, 1.165) is 10.5 Å². The van der Waals surface area contributed by atoms with E-state index in [4.69, 9.17) is 101 Å². The first-order valence-electron chi connectivity index (χ1n) is 42.8. The second kappa shape index (κ2) is 46.2. The van der Waals surface area contributed by atoms with Crippen molar-refractivity contribution in [1.29, 1.82) is 21.6 Å². The van der Waals surface area contributed by atoms with Crippen LogP contribution < -0.4 is 89.4 Å². The SMILES string of the molecule is N=C(N)c1cccc(Oc2cc(Br)ccc2C(=O)Nc2ccc(-c3ccccc3S(N)(=O)=O)cc2)c1.N=C(N)c1cccc(Oc2cc(Cl)ccc2C(=O)Nc2ccc(-c3ccccc3S(N)(=O)=O)cc2)c1.N=C(N)c1cccc(Oc2cc(N)ccc2C(=O)Nc2ccc(-c3ccccc3S(N)(=O)=O)cc2)c1.N=C(N)c1cccc(Oc2cc([N+](=O)[O-])ccc2C(=O)Nc2ccc(-c3ccccc3S(N)(=O)=O)cc2)c1. The fourth-order valence-corrected chi connectivity index (χ4v) is 17.7. The number of hydrogen-bond acceptors (Lipinski definition) is 23. The number of nitro benzene ring substituents is 1. The number of carbonyl (C=O) groups excluding carboxylic acids is 4. The van der Waals surface area contributed by atoms with Crippen LogP contribution in [0, 0.1) is 31.8 Å². The number of benzene rings is 16. The lowest BCUT2D eigenvalue weighted by atomic mass is 10.1. The van der Waals surface area contributed by atoms with Crippen molar-refractivity contribution in [3.63, 3.8) is 0 Å². The van der Waals surface area contributed by atoms with Gasteiger partial charge in [0.1, 0.15) is 69.3 Å². The third-order valence-corrected chi connectivity index (χ3v) is 25.7. The Hall–Kier alpha value is -17.9. The lowest BCUT2D eigenvalue weighted by Crippen LogP contribution is -2.14. The highest BCUT2D eigenvalue weighted by atomic mass is 79.9. The first-order valence-corrected chi connectivity index (χ1v) is 50.1. The van der Waals surface area contributed by atoms with Crippen molar-refractivity contribution in [1.82, 2.24) is 0 Å². The van der Waals surface area contributed by atoms with Crippen LogP contribution in [0.3, 0.4) is 0 Å². The van der Waals surface area contributed by atoms with Crippen molar-refractivity contribution in [2.24, 2.45) is 43.5 Å².